The van der Waals surface area contributed by atoms with Crippen LogP contribution < -0.4 is 5.56 Å². The lowest BCUT2D eigenvalue weighted by Gasteiger charge is -2.03. The van der Waals surface area contributed by atoms with E-state index in [4.69, 9.17) is 10.00 Å². The summed E-state index contributed by atoms with van der Waals surface area (Å²) in [7, 11) is 0. The molecule has 2 aromatic heterocycles. The maximum atomic E-state index is 12.3. The van der Waals surface area contributed by atoms with Crippen LogP contribution in [0.5, 0.6) is 0 Å². The summed E-state index contributed by atoms with van der Waals surface area (Å²) in [6.45, 7) is 5.36. The molecule has 6 nitrogen and oxygen atoms in total. The summed E-state index contributed by atoms with van der Waals surface area (Å²) in [5.74, 6) is -0.671. The van der Waals surface area contributed by atoms with Crippen molar-refractivity contribution in [3.8, 4) is 6.07 Å². The van der Waals surface area contributed by atoms with E-state index in [0.717, 1.165) is 5.56 Å². The zero-order chi connectivity index (χ0) is 14.2. The minimum atomic E-state index is -0.671. The number of hydrogen-bond acceptors (Lipinski definition) is 4. The van der Waals surface area contributed by atoms with Crippen molar-refractivity contribution in [1.29, 1.82) is 5.26 Å². The Morgan fingerprint density at radius 2 is 2.21 bits per heavy atom. The third-order valence-corrected chi connectivity index (χ3v) is 3.11. The summed E-state index contributed by atoms with van der Waals surface area (Å²) >= 11 is 0. The number of nitriles is 1. The normalized spacial score (nSPS) is 10.4. The molecule has 0 saturated carbocycles. The van der Waals surface area contributed by atoms with Crippen molar-refractivity contribution in [3.63, 3.8) is 0 Å². The minimum absolute atomic E-state index is 0.0723. The maximum absolute atomic E-state index is 12.3. The van der Waals surface area contributed by atoms with E-state index in [1.165, 1.54) is 10.6 Å². The van der Waals surface area contributed by atoms with Gasteiger partial charge in [0.05, 0.1) is 12.2 Å². The number of nitrogens with zero attached hydrogens (tertiary/aromatic N) is 2. The van der Waals surface area contributed by atoms with Crippen molar-refractivity contribution >= 4 is 11.6 Å². The fourth-order valence-corrected chi connectivity index (χ4v) is 2.01. The molecule has 98 valence electrons. The van der Waals surface area contributed by atoms with Crippen LogP contribution in [0.3, 0.4) is 0 Å². The average molecular weight is 259 g/mol. The fourth-order valence-electron chi connectivity index (χ4n) is 2.01. The predicted octanol–water partition coefficient (Wildman–Crippen LogP) is 1.29. The summed E-state index contributed by atoms with van der Waals surface area (Å²) in [6.07, 6.45) is 1.29. The van der Waals surface area contributed by atoms with E-state index in [1.54, 1.807) is 20.8 Å². The Morgan fingerprint density at radius 3 is 2.79 bits per heavy atom. The molecule has 2 aromatic rings. The number of carbonyl (C=O) groups is 1. The standard InChI is InChI=1S/C13H13N3O3/c1-4-19-13(18)10-6-15-11-9(5-14)7(2)8(3)16(11)12(10)17/h6,15H,4H2,1-3H3. The highest BCUT2D eigenvalue weighted by Crippen LogP contribution is 2.18. The number of fused-ring (bicyclic) bond motifs is 1. The first-order valence-electron chi connectivity index (χ1n) is 5.83. The Labute approximate surface area is 109 Å². The van der Waals surface area contributed by atoms with E-state index in [-0.39, 0.29) is 12.2 Å². The van der Waals surface area contributed by atoms with Gasteiger partial charge < -0.3 is 9.72 Å². The second kappa shape index (κ2) is 4.61. The molecule has 0 saturated heterocycles. The Morgan fingerprint density at radius 1 is 1.53 bits per heavy atom. The van der Waals surface area contributed by atoms with E-state index in [2.05, 4.69) is 11.1 Å². The third kappa shape index (κ3) is 1.80. The number of aromatic amines is 1. The van der Waals surface area contributed by atoms with Gasteiger partial charge in [0.1, 0.15) is 17.3 Å². The topological polar surface area (TPSA) is 87.4 Å². The van der Waals surface area contributed by atoms with Crippen molar-refractivity contribution in [1.82, 2.24) is 9.38 Å². The average Bonchev–Trinajstić information content (AvgIpc) is 2.63. The molecule has 0 unspecified atom stereocenters. The highest BCUT2D eigenvalue weighted by atomic mass is 16.5. The van der Waals surface area contributed by atoms with Gasteiger partial charge in [-0.05, 0) is 26.3 Å². The Hall–Kier alpha value is -2.55. The van der Waals surface area contributed by atoms with E-state index >= 15 is 0 Å². The van der Waals surface area contributed by atoms with E-state index < -0.39 is 11.5 Å². The molecule has 1 N–H and O–H groups in total. The number of rotatable bonds is 2. The second-order valence-electron chi connectivity index (χ2n) is 4.11. The smallest absolute Gasteiger partial charge is 0.345 e. The van der Waals surface area contributed by atoms with Crippen LogP contribution >= 0.6 is 0 Å². The number of aromatic nitrogens is 2. The number of H-pyrrole nitrogens is 1. The third-order valence-electron chi connectivity index (χ3n) is 3.11. The molecule has 0 aliphatic heterocycles. The number of aryl methyl sites for hydroxylation is 1. The number of esters is 1. The van der Waals surface area contributed by atoms with Crippen LogP contribution in [0.15, 0.2) is 11.0 Å². The molecule has 0 aliphatic carbocycles. The highest BCUT2D eigenvalue weighted by Gasteiger charge is 2.19. The first-order valence-corrected chi connectivity index (χ1v) is 5.83. The van der Waals surface area contributed by atoms with E-state index in [0.29, 0.717) is 16.9 Å². The zero-order valence-electron chi connectivity index (χ0n) is 10.9. The number of carbonyl (C=O) groups excluding carboxylic acids is 1. The van der Waals surface area contributed by atoms with Gasteiger partial charge in [0.25, 0.3) is 5.56 Å². The van der Waals surface area contributed by atoms with Gasteiger partial charge in [-0.1, -0.05) is 0 Å². The van der Waals surface area contributed by atoms with E-state index in [9.17, 15) is 9.59 Å². The SMILES string of the molecule is CCOC(=O)c1c[nH]c2c(C#N)c(C)c(C)n2c1=O. The van der Waals surface area contributed by atoms with Crippen molar-refractivity contribution in [2.45, 2.75) is 20.8 Å². The molecular formula is C13H13N3O3. The Kier molecular flexibility index (Phi) is 3.13. The minimum Gasteiger partial charge on any atom is -0.462 e. The monoisotopic (exact) mass is 259 g/mol. The van der Waals surface area contributed by atoms with Gasteiger partial charge in [0.15, 0.2) is 0 Å². The zero-order valence-corrected chi connectivity index (χ0v) is 10.9. The van der Waals surface area contributed by atoms with Gasteiger partial charge in [-0.2, -0.15) is 5.26 Å². The van der Waals surface area contributed by atoms with Gasteiger partial charge in [0.2, 0.25) is 0 Å². The summed E-state index contributed by atoms with van der Waals surface area (Å²) in [5.41, 5.74) is 1.61. The molecule has 0 spiro atoms. The van der Waals surface area contributed by atoms with Gasteiger partial charge in [-0.25, -0.2) is 4.79 Å². The van der Waals surface area contributed by atoms with Crippen LogP contribution in [-0.4, -0.2) is 22.0 Å². The van der Waals surface area contributed by atoms with Gasteiger partial charge in [0, 0.05) is 11.9 Å². The molecule has 0 amide bonds. The molecule has 0 atom stereocenters. The first kappa shape index (κ1) is 12.9. The van der Waals surface area contributed by atoms with Crippen LogP contribution in [0.4, 0.5) is 0 Å². The first-order chi connectivity index (χ1) is 9.02. The van der Waals surface area contributed by atoms with Crippen LogP contribution in [0.1, 0.15) is 34.1 Å². The predicted molar refractivity (Wildman–Crippen MR) is 68.2 cm³/mol. The summed E-state index contributed by atoms with van der Waals surface area (Å²) < 4.78 is 6.16. The largest absolute Gasteiger partial charge is 0.462 e. The van der Waals surface area contributed by atoms with Crippen LogP contribution in [0, 0.1) is 25.2 Å². The second-order valence-corrected chi connectivity index (χ2v) is 4.11. The molecule has 19 heavy (non-hydrogen) atoms. The molecule has 2 heterocycles. The lowest BCUT2D eigenvalue weighted by Crippen LogP contribution is -2.24. The molecule has 0 radical (unpaired) electrons. The van der Waals surface area contributed by atoms with Gasteiger partial charge >= 0.3 is 5.97 Å². The Bertz CT molecular complexity index is 762. The molecule has 0 aliphatic rings. The van der Waals surface area contributed by atoms with Crippen LogP contribution in [-0.2, 0) is 4.74 Å². The van der Waals surface area contributed by atoms with Crippen molar-refractivity contribution < 1.29 is 9.53 Å². The van der Waals surface area contributed by atoms with Crippen molar-refractivity contribution in [2.24, 2.45) is 0 Å². The van der Waals surface area contributed by atoms with Crippen molar-refractivity contribution in [2.75, 3.05) is 6.61 Å². The molecule has 6 heteroatoms. The molecule has 2 rings (SSSR count). The molecule has 0 bridgehead atoms. The molecule has 0 aromatic carbocycles. The number of nitrogens with one attached hydrogen (secondary N) is 1. The quantitative estimate of drug-likeness (QED) is 0.823. The van der Waals surface area contributed by atoms with E-state index in [1.807, 2.05) is 0 Å². The van der Waals surface area contributed by atoms with Crippen LogP contribution in [0.2, 0.25) is 0 Å². The summed E-state index contributed by atoms with van der Waals surface area (Å²) in [5, 5.41) is 9.11. The van der Waals surface area contributed by atoms with Crippen molar-refractivity contribution in [3.05, 3.63) is 38.9 Å². The van der Waals surface area contributed by atoms with Gasteiger partial charge in [-0.15, -0.1) is 0 Å². The van der Waals surface area contributed by atoms with Crippen LogP contribution in [0.25, 0.3) is 5.65 Å². The maximum Gasteiger partial charge on any atom is 0.345 e. The fraction of sp³-hybridized carbons (Fsp3) is 0.308. The molecule has 0 fully saturated rings. The lowest BCUT2D eigenvalue weighted by atomic mass is 10.2. The highest BCUT2D eigenvalue weighted by molar-refractivity contribution is 5.89. The number of hydrogen-bond donors (Lipinski definition) is 1. The molecular weight excluding hydrogens is 246 g/mol. The number of ether oxygens (including phenoxy) is 1. The summed E-state index contributed by atoms with van der Waals surface area (Å²) in [6, 6.07) is 2.05. The Balaban J connectivity index is 2.81. The summed E-state index contributed by atoms with van der Waals surface area (Å²) in [4.78, 5) is 26.8. The lowest BCUT2D eigenvalue weighted by molar-refractivity contribution is 0.0523. The van der Waals surface area contributed by atoms with Gasteiger partial charge in [-0.3, -0.25) is 9.20 Å².